The molecule has 0 spiro atoms. The summed E-state index contributed by atoms with van der Waals surface area (Å²) in [7, 11) is 0. The number of rotatable bonds is 4. The van der Waals surface area contributed by atoms with E-state index in [4.69, 9.17) is 0 Å². The van der Waals surface area contributed by atoms with Crippen LogP contribution in [0.25, 0.3) is 0 Å². The van der Waals surface area contributed by atoms with Crippen molar-refractivity contribution >= 4 is 28.5 Å². The third-order valence-corrected chi connectivity index (χ3v) is 3.29. The summed E-state index contributed by atoms with van der Waals surface area (Å²) in [6.07, 6.45) is 2.29. The van der Waals surface area contributed by atoms with Gasteiger partial charge in [0.25, 0.3) is 5.56 Å². The van der Waals surface area contributed by atoms with Gasteiger partial charge in [-0.2, -0.15) is 0 Å². The van der Waals surface area contributed by atoms with Crippen molar-refractivity contribution in [3.8, 4) is 0 Å². The molecule has 1 amide bonds. The maximum Gasteiger partial charge on any atom is 0.267 e. The van der Waals surface area contributed by atoms with Crippen LogP contribution in [0.4, 0.5) is 0 Å². The van der Waals surface area contributed by atoms with E-state index in [0.717, 1.165) is 6.42 Å². The lowest BCUT2D eigenvalue weighted by Gasteiger charge is -2.07. The minimum absolute atomic E-state index is 0.0299. The first-order valence-electron chi connectivity index (χ1n) is 5.04. The van der Waals surface area contributed by atoms with Crippen LogP contribution in [-0.4, -0.2) is 22.0 Å². The average molecular weight is 335 g/mol. The van der Waals surface area contributed by atoms with Gasteiger partial charge in [-0.05, 0) is 35.9 Å². The number of amides is 1. The topological polar surface area (TPSA) is 64.0 Å². The van der Waals surface area contributed by atoms with Crippen LogP contribution in [-0.2, 0) is 11.3 Å². The number of hydrogen-bond acceptors (Lipinski definition) is 3. The summed E-state index contributed by atoms with van der Waals surface area (Å²) in [4.78, 5) is 27.2. The van der Waals surface area contributed by atoms with E-state index in [0.29, 0.717) is 15.8 Å². The second kappa shape index (κ2) is 5.97. The second-order valence-electron chi connectivity index (χ2n) is 3.43. The van der Waals surface area contributed by atoms with Crippen molar-refractivity contribution in [3.05, 3.63) is 25.9 Å². The molecule has 1 N–H and O–H groups in total. The van der Waals surface area contributed by atoms with Crippen molar-refractivity contribution in [2.24, 2.45) is 0 Å². The van der Waals surface area contributed by atoms with Crippen LogP contribution in [0.5, 0.6) is 0 Å². The molecule has 1 heterocycles. The maximum absolute atomic E-state index is 11.7. The molecule has 0 radical (unpaired) electrons. The Kier molecular flexibility index (Phi) is 4.91. The molecule has 0 saturated heterocycles. The molecule has 0 atom stereocenters. The van der Waals surface area contributed by atoms with Gasteiger partial charge in [0.05, 0.1) is 15.6 Å². The van der Waals surface area contributed by atoms with Crippen LogP contribution in [0.2, 0.25) is 0 Å². The second-order valence-corrected chi connectivity index (χ2v) is 4.51. The number of nitrogens with zero attached hydrogens (tertiary/aromatic N) is 2. The van der Waals surface area contributed by atoms with Crippen LogP contribution in [0.1, 0.15) is 19.0 Å². The molecular formula is C10H14IN3O2. The summed E-state index contributed by atoms with van der Waals surface area (Å²) < 4.78 is 1.88. The normalized spacial score (nSPS) is 10.2. The Bertz CT molecular complexity index is 442. The van der Waals surface area contributed by atoms with Crippen LogP contribution in [0.15, 0.2) is 11.1 Å². The average Bonchev–Trinajstić information content (AvgIpc) is 2.27. The first-order chi connectivity index (χ1) is 7.56. The quantitative estimate of drug-likeness (QED) is 0.824. The van der Waals surface area contributed by atoms with E-state index in [9.17, 15) is 9.59 Å². The Labute approximate surface area is 107 Å². The lowest BCUT2D eigenvalue weighted by molar-refractivity contribution is -0.121. The summed E-state index contributed by atoms with van der Waals surface area (Å²) in [5.74, 6) is -0.162. The van der Waals surface area contributed by atoms with Gasteiger partial charge in [-0.1, -0.05) is 6.92 Å². The predicted molar refractivity (Wildman–Crippen MR) is 69.3 cm³/mol. The fourth-order valence-electron chi connectivity index (χ4n) is 1.13. The van der Waals surface area contributed by atoms with Crippen molar-refractivity contribution in [1.29, 1.82) is 0 Å². The fraction of sp³-hybridized carbons (Fsp3) is 0.500. The van der Waals surface area contributed by atoms with Gasteiger partial charge in [-0.15, -0.1) is 0 Å². The van der Waals surface area contributed by atoms with Crippen molar-refractivity contribution in [3.63, 3.8) is 0 Å². The van der Waals surface area contributed by atoms with E-state index in [1.54, 1.807) is 6.92 Å². The van der Waals surface area contributed by atoms with E-state index >= 15 is 0 Å². The summed E-state index contributed by atoms with van der Waals surface area (Å²) in [6, 6.07) is 0. The molecule has 0 aliphatic carbocycles. The van der Waals surface area contributed by atoms with E-state index < -0.39 is 0 Å². The maximum atomic E-state index is 11.7. The summed E-state index contributed by atoms with van der Waals surface area (Å²) in [5, 5.41) is 2.71. The van der Waals surface area contributed by atoms with E-state index in [1.165, 1.54) is 10.9 Å². The molecule has 1 aromatic rings. The lowest BCUT2D eigenvalue weighted by Crippen LogP contribution is -2.33. The highest BCUT2D eigenvalue weighted by Crippen LogP contribution is 2.00. The number of halogens is 1. The molecule has 0 aliphatic heterocycles. The number of hydrogen-bond donors (Lipinski definition) is 1. The van der Waals surface area contributed by atoms with Crippen molar-refractivity contribution in [1.82, 2.24) is 14.9 Å². The minimum Gasteiger partial charge on any atom is -0.355 e. The van der Waals surface area contributed by atoms with Gasteiger partial charge in [-0.3, -0.25) is 14.2 Å². The molecule has 0 fully saturated rings. The third kappa shape index (κ3) is 3.29. The molecule has 5 nitrogen and oxygen atoms in total. The van der Waals surface area contributed by atoms with Crippen LogP contribution in [0.3, 0.4) is 0 Å². The number of aromatic nitrogens is 2. The number of carbonyl (C=O) groups is 1. The number of carbonyl (C=O) groups excluding carboxylic acids is 1. The highest BCUT2D eigenvalue weighted by molar-refractivity contribution is 14.1. The molecule has 0 unspecified atom stereocenters. The van der Waals surface area contributed by atoms with Gasteiger partial charge in [0.1, 0.15) is 6.54 Å². The zero-order valence-electron chi connectivity index (χ0n) is 9.29. The van der Waals surface area contributed by atoms with Gasteiger partial charge < -0.3 is 5.32 Å². The molecular weight excluding hydrogens is 321 g/mol. The first kappa shape index (κ1) is 13.1. The Hall–Kier alpha value is -0.920. The van der Waals surface area contributed by atoms with Gasteiger partial charge >= 0.3 is 0 Å². The van der Waals surface area contributed by atoms with Crippen LogP contribution in [0, 0.1) is 10.5 Å². The predicted octanol–water partition coefficient (Wildman–Crippen LogP) is 0.683. The molecule has 1 rings (SSSR count). The third-order valence-electron chi connectivity index (χ3n) is 2.04. The zero-order valence-corrected chi connectivity index (χ0v) is 11.4. The Balaban J connectivity index is 2.79. The summed E-state index contributed by atoms with van der Waals surface area (Å²) in [5.41, 5.74) is 0.524. The molecule has 88 valence electrons. The molecule has 6 heteroatoms. The molecule has 0 saturated carbocycles. The largest absolute Gasteiger partial charge is 0.355 e. The van der Waals surface area contributed by atoms with Crippen molar-refractivity contribution in [2.45, 2.75) is 26.8 Å². The molecule has 0 aromatic carbocycles. The van der Waals surface area contributed by atoms with Gasteiger partial charge in [0, 0.05) is 6.54 Å². The van der Waals surface area contributed by atoms with Crippen LogP contribution < -0.4 is 10.9 Å². The fourth-order valence-corrected chi connectivity index (χ4v) is 1.58. The molecule has 0 aliphatic rings. The Morgan fingerprint density at radius 1 is 1.62 bits per heavy atom. The zero-order chi connectivity index (χ0) is 12.1. The molecule has 16 heavy (non-hydrogen) atoms. The monoisotopic (exact) mass is 335 g/mol. The van der Waals surface area contributed by atoms with Gasteiger partial charge in [-0.25, -0.2) is 4.98 Å². The number of aryl methyl sites for hydroxylation is 1. The highest BCUT2D eigenvalue weighted by atomic mass is 127. The lowest BCUT2D eigenvalue weighted by atomic mass is 10.4. The highest BCUT2D eigenvalue weighted by Gasteiger charge is 2.08. The van der Waals surface area contributed by atoms with Crippen LogP contribution >= 0.6 is 22.6 Å². The van der Waals surface area contributed by atoms with Crippen molar-refractivity contribution in [2.75, 3.05) is 6.54 Å². The minimum atomic E-state index is -0.167. The Morgan fingerprint density at radius 2 is 2.31 bits per heavy atom. The van der Waals surface area contributed by atoms with Gasteiger partial charge in [0.15, 0.2) is 0 Å². The van der Waals surface area contributed by atoms with Gasteiger partial charge in [0.2, 0.25) is 5.91 Å². The first-order valence-corrected chi connectivity index (χ1v) is 6.12. The molecule has 1 aromatic heterocycles. The van der Waals surface area contributed by atoms with E-state index in [1.807, 2.05) is 29.5 Å². The molecule has 0 bridgehead atoms. The summed E-state index contributed by atoms with van der Waals surface area (Å²) >= 11 is 1.94. The summed E-state index contributed by atoms with van der Waals surface area (Å²) in [6.45, 7) is 4.40. The smallest absolute Gasteiger partial charge is 0.267 e. The standard InChI is InChI=1S/C10H14IN3O2/c1-3-4-12-8(15)5-14-6-13-7(2)9(11)10(14)16/h6H,3-5H2,1-2H3,(H,12,15). The van der Waals surface area contributed by atoms with E-state index in [2.05, 4.69) is 10.3 Å². The Morgan fingerprint density at radius 3 is 2.94 bits per heavy atom. The van der Waals surface area contributed by atoms with E-state index in [-0.39, 0.29) is 18.0 Å². The SMILES string of the molecule is CCCNC(=O)Cn1cnc(C)c(I)c1=O. The number of nitrogens with one attached hydrogen (secondary N) is 1. The van der Waals surface area contributed by atoms with Crippen molar-refractivity contribution < 1.29 is 4.79 Å².